The smallest absolute Gasteiger partial charge is 0.156 e. The van der Waals surface area contributed by atoms with Crippen LogP contribution in [-0.2, 0) is 0 Å². The Hall–Kier alpha value is 0.120. The maximum absolute atomic E-state index is 4.40. The number of thioether (sulfide) groups is 2. The molecule has 0 aromatic rings. The van der Waals surface area contributed by atoms with Gasteiger partial charge in [0.25, 0.3) is 0 Å². The van der Waals surface area contributed by atoms with Gasteiger partial charge in [0.1, 0.15) is 0 Å². The molecule has 0 unspecified atom stereocenters. The SMILES string of the molecule is Br.C(CCCCCSC1=NCCN1)CCCCSC1=NCCN1. The lowest BCUT2D eigenvalue weighted by atomic mass is 10.1. The molecule has 2 rings (SSSR count). The molecule has 0 amide bonds. The highest BCUT2D eigenvalue weighted by molar-refractivity contribution is 8.93. The molecule has 0 aromatic carbocycles. The molecular weight excluding hydrogens is 392 g/mol. The molecule has 2 heterocycles. The number of nitrogens with one attached hydrogen (secondary N) is 2. The Balaban J connectivity index is 0.00000264. The summed E-state index contributed by atoms with van der Waals surface area (Å²) in [6, 6.07) is 0. The molecule has 0 aromatic heterocycles. The summed E-state index contributed by atoms with van der Waals surface area (Å²) >= 11 is 3.79. The summed E-state index contributed by atoms with van der Waals surface area (Å²) in [5.74, 6) is 2.45. The zero-order valence-electron chi connectivity index (χ0n) is 14.0. The molecule has 0 bridgehead atoms. The number of nitrogens with zero attached hydrogens (tertiary/aromatic N) is 2. The van der Waals surface area contributed by atoms with Crippen molar-refractivity contribution in [2.75, 3.05) is 37.7 Å². The van der Waals surface area contributed by atoms with Gasteiger partial charge in [0.05, 0.1) is 13.1 Å². The average molecular weight is 423 g/mol. The highest BCUT2D eigenvalue weighted by Crippen LogP contribution is 2.14. The molecule has 0 radical (unpaired) electrons. The van der Waals surface area contributed by atoms with Gasteiger partial charge >= 0.3 is 0 Å². The summed E-state index contributed by atoms with van der Waals surface area (Å²) in [6.07, 6.45) is 11.0. The highest BCUT2D eigenvalue weighted by Gasteiger charge is 2.05. The van der Waals surface area contributed by atoms with E-state index in [9.17, 15) is 0 Å². The van der Waals surface area contributed by atoms with E-state index in [4.69, 9.17) is 0 Å². The summed E-state index contributed by atoms with van der Waals surface area (Å²) in [5.41, 5.74) is 0. The molecule has 2 aliphatic rings. The summed E-state index contributed by atoms with van der Waals surface area (Å²) in [7, 11) is 0. The molecule has 2 N–H and O–H groups in total. The van der Waals surface area contributed by atoms with Gasteiger partial charge in [-0.15, -0.1) is 17.0 Å². The van der Waals surface area contributed by atoms with E-state index >= 15 is 0 Å². The van der Waals surface area contributed by atoms with E-state index in [1.165, 1.54) is 62.9 Å². The van der Waals surface area contributed by atoms with Gasteiger partial charge in [-0.2, -0.15) is 0 Å². The lowest BCUT2D eigenvalue weighted by molar-refractivity contribution is 0.588. The van der Waals surface area contributed by atoms with Crippen molar-refractivity contribution in [1.82, 2.24) is 10.6 Å². The molecule has 0 atom stereocenters. The minimum Gasteiger partial charge on any atom is -0.363 e. The van der Waals surface area contributed by atoms with Gasteiger partial charge in [0.15, 0.2) is 10.3 Å². The van der Waals surface area contributed by atoms with Crippen molar-refractivity contribution < 1.29 is 0 Å². The van der Waals surface area contributed by atoms with Gasteiger partial charge in [0.2, 0.25) is 0 Å². The predicted octanol–water partition coefficient (Wildman–Crippen LogP) is 4.07. The van der Waals surface area contributed by atoms with E-state index in [0.717, 1.165) is 36.5 Å². The number of hydrogen-bond donors (Lipinski definition) is 2. The van der Waals surface area contributed by atoms with E-state index in [0.29, 0.717) is 0 Å². The highest BCUT2D eigenvalue weighted by atomic mass is 79.9. The van der Waals surface area contributed by atoms with Gasteiger partial charge in [0, 0.05) is 24.6 Å². The topological polar surface area (TPSA) is 48.8 Å². The molecule has 4 nitrogen and oxygen atoms in total. The maximum atomic E-state index is 4.40. The number of aliphatic imine (C=N–C) groups is 2. The monoisotopic (exact) mass is 422 g/mol. The molecule has 23 heavy (non-hydrogen) atoms. The molecule has 134 valence electrons. The second kappa shape index (κ2) is 14.5. The molecule has 0 spiro atoms. The van der Waals surface area contributed by atoms with Crippen LogP contribution in [0.1, 0.15) is 51.4 Å². The number of amidine groups is 2. The Morgan fingerprint density at radius 2 is 1.04 bits per heavy atom. The van der Waals surface area contributed by atoms with E-state index in [1.54, 1.807) is 0 Å². The largest absolute Gasteiger partial charge is 0.363 e. The summed E-state index contributed by atoms with van der Waals surface area (Å²) in [5, 5.41) is 8.95. The van der Waals surface area contributed by atoms with Gasteiger partial charge < -0.3 is 10.6 Å². The Bertz CT molecular complexity index is 330. The van der Waals surface area contributed by atoms with Crippen LogP contribution >= 0.6 is 40.5 Å². The van der Waals surface area contributed by atoms with E-state index in [1.807, 2.05) is 23.5 Å². The summed E-state index contributed by atoms with van der Waals surface area (Å²) in [6.45, 7) is 3.99. The third kappa shape index (κ3) is 10.6. The van der Waals surface area contributed by atoms with Crippen molar-refractivity contribution in [3.63, 3.8) is 0 Å². The third-order valence-corrected chi connectivity index (χ3v) is 5.88. The second-order valence-electron chi connectivity index (χ2n) is 5.75. The minimum absolute atomic E-state index is 0. The van der Waals surface area contributed by atoms with E-state index in [-0.39, 0.29) is 17.0 Å². The summed E-state index contributed by atoms with van der Waals surface area (Å²) < 4.78 is 0. The first-order valence-electron chi connectivity index (χ1n) is 8.77. The zero-order chi connectivity index (χ0) is 15.3. The van der Waals surface area contributed by atoms with Gasteiger partial charge in [-0.05, 0) is 12.8 Å². The molecule has 0 saturated heterocycles. The van der Waals surface area contributed by atoms with Crippen molar-refractivity contribution in [3.05, 3.63) is 0 Å². The van der Waals surface area contributed by atoms with E-state index < -0.39 is 0 Å². The summed E-state index contributed by atoms with van der Waals surface area (Å²) in [4.78, 5) is 8.80. The average Bonchev–Trinajstić information content (AvgIpc) is 3.21. The first kappa shape index (κ1) is 21.2. The molecule has 2 aliphatic heterocycles. The van der Waals surface area contributed by atoms with Crippen LogP contribution in [-0.4, -0.2) is 48.0 Å². The number of hydrogen-bond acceptors (Lipinski definition) is 6. The molecular formula is C16H31BrN4S2. The number of unbranched alkanes of at least 4 members (excludes halogenated alkanes) is 7. The fraction of sp³-hybridized carbons (Fsp3) is 0.875. The zero-order valence-corrected chi connectivity index (χ0v) is 17.4. The lowest BCUT2D eigenvalue weighted by Gasteiger charge is -2.04. The lowest BCUT2D eigenvalue weighted by Crippen LogP contribution is -2.15. The fourth-order valence-electron chi connectivity index (χ4n) is 2.55. The van der Waals surface area contributed by atoms with Crippen LogP contribution in [0.2, 0.25) is 0 Å². The maximum Gasteiger partial charge on any atom is 0.156 e. The Morgan fingerprint density at radius 1 is 0.652 bits per heavy atom. The van der Waals surface area contributed by atoms with Crippen molar-refractivity contribution in [2.24, 2.45) is 9.98 Å². The Kier molecular flexibility index (Phi) is 13.3. The molecule has 7 heteroatoms. The third-order valence-electron chi connectivity index (χ3n) is 3.80. The Labute approximate surface area is 160 Å². The Morgan fingerprint density at radius 3 is 1.39 bits per heavy atom. The van der Waals surface area contributed by atoms with Crippen molar-refractivity contribution in [1.29, 1.82) is 0 Å². The van der Waals surface area contributed by atoms with Crippen LogP contribution in [0.3, 0.4) is 0 Å². The normalized spacial score (nSPS) is 16.3. The predicted molar refractivity (Wildman–Crippen MR) is 113 cm³/mol. The van der Waals surface area contributed by atoms with Crippen LogP contribution in [0, 0.1) is 0 Å². The van der Waals surface area contributed by atoms with Crippen LogP contribution in [0.5, 0.6) is 0 Å². The van der Waals surface area contributed by atoms with E-state index in [2.05, 4.69) is 20.6 Å². The van der Waals surface area contributed by atoms with Crippen molar-refractivity contribution >= 4 is 50.8 Å². The first-order chi connectivity index (χ1) is 10.9. The van der Waals surface area contributed by atoms with Crippen LogP contribution in [0.15, 0.2) is 9.98 Å². The van der Waals surface area contributed by atoms with Crippen LogP contribution < -0.4 is 10.6 Å². The second-order valence-corrected chi connectivity index (χ2v) is 7.92. The van der Waals surface area contributed by atoms with Crippen LogP contribution in [0.4, 0.5) is 0 Å². The quantitative estimate of drug-likeness (QED) is 0.492. The number of halogens is 1. The fourth-order valence-corrected chi connectivity index (χ4v) is 4.41. The van der Waals surface area contributed by atoms with Gasteiger partial charge in [-0.3, -0.25) is 9.98 Å². The number of rotatable bonds is 11. The van der Waals surface area contributed by atoms with Crippen molar-refractivity contribution in [2.45, 2.75) is 51.4 Å². The van der Waals surface area contributed by atoms with Crippen molar-refractivity contribution in [3.8, 4) is 0 Å². The molecule has 0 aliphatic carbocycles. The molecule has 0 fully saturated rings. The molecule has 0 saturated carbocycles. The standard InChI is InChI=1S/C16H30N4S2.BrH/c1(3-5-7-13-21-15-17-9-10-18-15)2-4-6-8-14-22-16-19-11-12-20-16;/h1-14H2,(H,17,18)(H,19,20);1H. The first-order valence-corrected chi connectivity index (χ1v) is 10.7. The minimum atomic E-state index is 0. The van der Waals surface area contributed by atoms with Gasteiger partial charge in [-0.25, -0.2) is 0 Å². The van der Waals surface area contributed by atoms with Crippen LogP contribution in [0.25, 0.3) is 0 Å². The van der Waals surface area contributed by atoms with Gasteiger partial charge in [-0.1, -0.05) is 62.0 Å².